The summed E-state index contributed by atoms with van der Waals surface area (Å²) >= 11 is 0. The number of methoxy groups -OCH3 is 1. The number of benzene rings is 1. The van der Waals surface area contributed by atoms with E-state index in [0.29, 0.717) is 18.4 Å². The predicted octanol–water partition coefficient (Wildman–Crippen LogP) is 3.47. The molecule has 4 nitrogen and oxygen atoms in total. The zero-order chi connectivity index (χ0) is 17.3. The Labute approximate surface area is 150 Å². The third kappa shape index (κ3) is 3.17. The van der Waals surface area contributed by atoms with Gasteiger partial charge in [0.05, 0.1) is 12.6 Å². The third-order valence-electron chi connectivity index (χ3n) is 6.59. The summed E-state index contributed by atoms with van der Waals surface area (Å²) in [5.74, 6) is 1.50. The number of carbonyl (C=O) groups excluding carboxylic acids is 1. The van der Waals surface area contributed by atoms with Crippen LogP contribution < -0.4 is 10.1 Å². The Balaban J connectivity index is 1.70. The highest BCUT2D eigenvalue weighted by Crippen LogP contribution is 2.45. The maximum Gasteiger partial charge on any atom is 0.220 e. The van der Waals surface area contributed by atoms with E-state index in [2.05, 4.69) is 28.4 Å². The molecule has 1 saturated carbocycles. The van der Waals surface area contributed by atoms with Crippen LogP contribution in [0, 0.1) is 0 Å². The van der Waals surface area contributed by atoms with E-state index in [-0.39, 0.29) is 11.4 Å². The van der Waals surface area contributed by atoms with E-state index in [1.54, 1.807) is 7.11 Å². The molecule has 2 atom stereocenters. The fraction of sp³-hybridized carbons (Fsp3) is 0.667. The average molecular weight is 342 g/mol. The smallest absolute Gasteiger partial charge is 0.220 e. The maximum absolute atomic E-state index is 12.4. The Morgan fingerprint density at radius 2 is 1.96 bits per heavy atom. The van der Waals surface area contributed by atoms with Gasteiger partial charge in [0.1, 0.15) is 5.75 Å². The van der Waals surface area contributed by atoms with Gasteiger partial charge >= 0.3 is 0 Å². The van der Waals surface area contributed by atoms with Gasteiger partial charge in [0.25, 0.3) is 0 Å². The Bertz CT molecular complexity index is 626. The van der Waals surface area contributed by atoms with Crippen molar-refractivity contribution < 1.29 is 9.53 Å². The number of hydrogen-bond acceptors (Lipinski definition) is 3. The van der Waals surface area contributed by atoms with Crippen molar-refractivity contribution >= 4 is 5.91 Å². The Kier molecular flexibility index (Phi) is 4.72. The number of para-hydroxylation sites is 1. The summed E-state index contributed by atoms with van der Waals surface area (Å²) in [7, 11) is 1.75. The Morgan fingerprint density at radius 3 is 2.76 bits per heavy atom. The molecule has 1 amide bonds. The number of nitrogens with one attached hydrogen (secondary N) is 1. The first kappa shape index (κ1) is 16.9. The molecule has 0 radical (unpaired) electrons. The van der Waals surface area contributed by atoms with Crippen molar-refractivity contribution in [2.24, 2.45) is 0 Å². The van der Waals surface area contributed by atoms with Crippen LogP contribution in [0.15, 0.2) is 24.3 Å². The minimum absolute atomic E-state index is 0.134. The normalized spacial score (nSPS) is 31.2. The molecule has 136 valence electrons. The van der Waals surface area contributed by atoms with Crippen molar-refractivity contribution in [1.29, 1.82) is 0 Å². The standard InChI is InChI=1S/C21H30N2O2/c1-25-19-11-5-4-10-17(19)18-14-23(16-8-2-3-9-16)15-21(18)13-7-6-12-20(24)22-21/h4-5,10-11,16,18H,2-3,6-9,12-15H2,1H3,(H,22,24)/t18-,21+/m0/s1. The van der Waals surface area contributed by atoms with E-state index in [0.717, 1.165) is 38.1 Å². The van der Waals surface area contributed by atoms with Crippen LogP contribution in [0.5, 0.6) is 5.75 Å². The molecule has 3 fully saturated rings. The van der Waals surface area contributed by atoms with Gasteiger partial charge in [-0.1, -0.05) is 37.5 Å². The molecule has 1 aromatic carbocycles. The molecule has 3 aliphatic rings. The van der Waals surface area contributed by atoms with Gasteiger partial charge in [-0.25, -0.2) is 0 Å². The van der Waals surface area contributed by atoms with Crippen molar-refractivity contribution in [1.82, 2.24) is 10.2 Å². The van der Waals surface area contributed by atoms with Crippen molar-refractivity contribution in [3.05, 3.63) is 29.8 Å². The van der Waals surface area contributed by atoms with Crippen LogP contribution in [0.4, 0.5) is 0 Å². The molecule has 4 rings (SSSR count). The van der Waals surface area contributed by atoms with Gasteiger partial charge in [0.2, 0.25) is 5.91 Å². The lowest BCUT2D eigenvalue weighted by Crippen LogP contribution is -2.53. The molecule has 0 bridgehead atoms. The summed E-state index contributed by atoms with van der Waals surface area (Å²) < 4.78 is 5.68. The highest BCUT2D eigenvalue weighted by Gasteiger charge is 2.50. The molecular formula is C21H30N2O2. The Hall–Kier alpha value is -1.55. The van der Waals surface area contributed by atoms with Crippen molar-refractivity contribution in [3.8, 4) is 5.75 Å². The van der Waals surface area contributed by atoms with Crippen LogP contribution in [0.25, 0.3) is 0 Å². The van der Waals surface area contributed by atoms with Crippen LogP contribution in [-0.4, -0.2) is 42.6 Å². The molecule has 1 aliphatic carbocycles. The van der Waals surface area contributed by atoms with E-state index in [1.165, 1.54) is 31.2 Å². The van der Waals surface area contributed by atoms with Gasteiger partial charge in [0, 0.05) is 37.0 Å². The van der Waals surface area contributed by atoms with Crippen LogP contribution in [0.2, 0.25) is 0 Å². The van der Waals surface area contributed by atoms with Crippen LogP contribution in [0.3, 0.4) is 0 Å². The summed E-state index contributed by atoms with van der Waals surface area (Å²) in [6, 6.07) is 9.07. The van der Waals surface area contributed by atoms with E-state index >= 15 is 0 Å². The van der Waals surface area contributed by atoms with Crippen LogP contribution >= 0.6 is 0 Å². The quantitative estimate of drug-likeness (QED) is 0.914. The van der Waals surface area contributed by atoms with Crippen molar-refractivity contribution in [2.75, 3.05) is 20.2 Å². The lowest BCUT2D eigenvalue weighted by molar-refractivity contribution is -0.122. The number of ether oxygens (including phenoxy) is 1. The van der Waals surface area contributed by atoms with Crippen LogP contribution in [0.1, 0.15) is 62.8 Å². The third-order valence-corrected chi connectivity index (χ3v) is 6.59. The molecule has 2 saturated heterocycles. The summed E-state index contributed by atoms with van der Waals surface area (Å²) in [6.45, 7) is 2.03. The molecule has 2 aliphatic heterocycles. The second-order valence-electron chi connectivity index (χ2n) is 8.07. The van der Waals surface area contributed by atoms with Gasteiger partial charge in [-0.2, -0.15) is 0 Å². The first-order valence-electron chi connectivity index (χ1n) is 9.90. The van der Waals surface area contributed by atoms with Gasteiger partial charge in [-0.05, 0) is 31.7 Å². The number of amides is 1. The summed E-state index contributed by atoms with van der Waals surface area (Å²) in [6.07, 6.45) is 9.19. The molecule has 0 aromatic heterocycles. The van der Waals surface area contributed by atoms with Gasteiger partial charge in [-0.15, -0.1) is 0 Å². The first-order valence-corrected chi connectivity index (χ1v) is 9.90. The summed E-state index contributed by atoms with van der Waals surface area (Å²) in [4.78, 5) is 15.1. The minimum Gasteiger partial charge on any atom is -0.496 e. The molecule has 2 heterocycles. The zero-order valence-corrected chi connectivity index (χ0v) is 15.3. The fourth-order valence-electron chi connectivity index (χ4n) is 5.35. The van der Waals surface area contributed by atoms with Gasteiger partial charge in [-0.3, -0.25) is 9.69 Å². The highest BCUT2D eigenvalue weighted by molar-refractivity contribution is 5.77. The molecular weight excluding hydrogens is 312 g/mol. The zero-order valence-electron chi connectivity index (χ0n) is 15.3. The molecule has 1 spiro atoms. The molecule has 25 heavy (non-hydrogen) atoms. The number of hydrogen-bond donors (Lipinski definition) is 1. The van der Waals surface area contributed by atoms with E-state index in [9.17, 15) is 4.79 Å². The SMILES string of the molecule is COc1ccccc1[C@@H]1CN(C2CCCC2)C[C@]12CCCCC(=O)N2. The lowest BCUT2D eigenvalue weighted by atomic mass is 9.78. The number of carbonyl (C=O) groups is 1. The second kappa shape index (κ2) is 6.99. The molecule has 4 heteroatoms. The maximum atomic E-state index is 12.4. The van der Waals surface area contributed by atoms with Crippen molar-refractivity contribution in [3.63, 3.8) is 0 Å². The summed E-state index contributed by atoms with van der Waals surface area (Å²) in [5.41, 5.74) is 1.12. The lowest BCUT2D eigenvalue weighted by Gasteiger charge is -2.36. The number of likely N-dealkylation sites (tertiary alicyclic amines) is 1. The molecule has 1 aromatic rings. The number of nitrogens with zero attached hydrogens (tertiary/aromatic N) is 1. The van der Waals surface area contributed by atoms with Gasteiger partial charge < -0.3 is 10.1 Å². The van der Waals surface area contributed by atoms with Gasteiger partial charge in [0.15, 0.2) is 0 Å². The molecule has 1 N–H and O–H groups in total. The highest BCUT2D eigenvalue weighted by atomic mass is 16.5. The Morgan fingerprint density at radius 1 is 1.16 bits per heavy atom. The van der Waals surface area contributed by atoms with Crippen LogP contribution in [-0.2, 0) is 4.79 Å². The molecule has 0 unspecified atom stereocenters. The average Bonchev–Trinajstić information content (AvgIpc) is 3.23. The van der Waals surface area contributed by atoms with Crippen molar-refractivity contribution in [2.45, 2.75) is 68.9 Å². The van der Waals surface area contributed by atoms with E-state index in [4.69, 9.17) is 4.74 Å². The predicted molar refractivity (Wildman–Crippen MR) is 98.9 cm³/mol. The largest absolute Gasteiger partial charge is 0.496 e. The second-order valence-corrected chi connectivity index (χ2v) is 8.07. The fourth-order valence-corrected chi connectivity index (χ4v) is 5.35. The topological polar surface area (TPSA) is 41.6 Å². The first-order chi connectivity index (χ1) is 12.2. The minimum atomic E-state index is -0.134. The monoisotopic (exact) mass is 342 g/mol. The summed E-state index contributed by atoms with van der Waals surface area (Å²) in [5, 5.41) is 3.47. The van der Waals surface area contributed by atoms with E-state index in [1.807, 2.05) is 6.07 Å². The number of rotatable bonds is 3. The van der Waals surface area contributed by atoms with E-state index < -0.39 is 0 Å².